The molecule has 0 radical (unpaired) electrons. The highest BCUT2D eigenvalue weighted by molar-refractivity contribution is 8.00. The van der Waals surface area contributed by atoms with E-state index in [1.807, 2.05) is 43.3 Å². The van der Waals surface area contributed by atoms with Crippen molar-refractivity contribution in [3.8, 4) is 0 Å². The Hall–Kier alpha value is -2.12. The van der Waals surface area contributed by atoms with Gasteiger partial charge in [-0.3, -0.25) is 9.59 Å². The molecule has 1 unspecified atom stereocenters. The lowest BCUT2D eigenvalue weighted by molar-refractivity contribution is -0.143. The first-order valence-corrected chi connectivity index (χ1v) is 9.10. The molecule has 0 spiro atoms. The van der Waals surface area contributed by atoms with Crippen molar-refractivity contribution in [1.82, 2.24) is 9.97 Å². The van der Waals surface area contributed by atoms with Crippen LogP contribution in [0.2, 0.25) is 0 Å². The Bertz CT molecular complexity index is 918. The van der Waals surface area contributed by atoms with Crippen molar-refractivity contribution in [2.45, 2.75) is 30.9 Å². The van der Waals surface area contributed by atoms with Crippen molar-refractivity contribution in [1.29, 1.82) is 0 Å². The summed E-state index contributed by atoms with van der Waals surface area (Å²) < 4.78 is 5.31. The molecule has 5 nitrogen and oxygen atoms in total. The number of carbonyl (C=O) groups excluding carboxylic acids is 1. The largest absolute Gasteiger partial charge is 0.460 e. The molecule has 1 atom stereocenters. The Labute approximate surface area is 147 Å². The van der Waals surface area contributed by atoms with Crippen LogP contribution in [-0.4, -0.2) is 21.2 Å². The van der Waals surface area contributed by atoms with Crippen LogP contribution in [0.5, 0.6) is 0 Å². The van der Waals surface area contributed by atoms with E-state index in [1.54, 1.807) is 6.92 Å². The van der Waals surface area contributed by atoms with Gasteiger partial charge in [0.2, 0.25) is 0 Å². The van der Waals surface area contributed by atoms with Gasteiger partial charge in [-0.05, 0) is 25.5 Å². The second-order valence-corrected chi connectivity index (χ2v) is 7.86. The molecule has 0 fully saturated rings. The van der Waals surface area contributed by atoms with E-state index in [-0.39, 0.29) is 18.1 Å². The van der Waals surface area contributed by atoms with Crippen LogP contribution in [0.15, 0.2) is 46.3 Å². The molecule has 3 rings (SSSR count). The summed E-state index contributed by atoms with van der Waals surface area (Å²) in [4.78, 5) is 33.0. The predicted molar refractivity (Wildman–Crippen MR) is 96.5 cm³/mol. The molecule has 1 N–H and O–H groups in total. The third kappa shape index (κ3) is 3.85. The highest BCUT2D eigenvalue weighted by atomic mass is 32.2. The van der Waals surface area contributed by atoms with Crippen molar-refractivity contribution >= 4 is 39.3 Å². The summed E-state index contributed by atoms with van der Waals surface area (Å²) in [7, 11) is 0. The molecule has 2 aromatic heterocycles. The average Bonchev–Trinajstić information content (AvgIpc) is 2.94. The number of rotatable bonds is 5. The Balaban J connectivity index is 1.66. The van der Waals surface area contributed by atoms with Crippen molar-refractivity contribution in [3.63, 3.8) is 0 Å². The van der Waals surface area contributed by atoms with E-state index < -0.39 is 5.25 Å². The summed E-state index contributed by atoms with van der Waals surface area (Å²) in [6.07, 6.45) is 0. The van der Waals surface area contributed by atoms with Crippen LogP contribution >= 0.6 is 23.1 Å². The fourth-order valence-corrected chi connectivity index (χ4v) is 3.88. The molecular weight excluding hydrogens is 344 g/mol. The molecule has 24 heavy (non-hydrogen) atoms. The number of nitrogens with one attached hydrogen (secondary N) is 1. The van der Waals surface area contributed by atoms with Crippen LogP contribution in [0.4, 0.5) is 0 Å². The zero-order valence-corrected chi connectivity index (χ0v) is 14.9. The summed E-state index contributed by atoms with van der Waals surface area (Å²) in [5.41, 5.74) is 0.752. The molecule has 124 valence electrons. The summed E-state index contributed by atoms with van der Waals surface area (Å²) >= 11 is 2.65. The van der Waals surface area contributed by atoms with Crippen molar-refractivity contribution in [3.05, 3.63) is 57.2 Å². The maximum atomic E-state index is 12.1. The van der Waals surface area contributed by atoms with Gasteiger partial charge in [-0.25, -0.2) is 4.98 Å². The Morgan fingerprint density at radius 1 is 1.38 bits per heavy atom. The number of benzene rings is 1. The number of aryl methyl sites for hydroxylation is 1. The number of nitrogens with zero attached hydrogens (tertiary/aromatic N) is 1. The summed E-state index contributed by atoms with van der Waals surface area (Å²) in [5.74, 6) is -0.339. The Morgan fingerprint density at radius 3 is 2.88 bits per heavy atom. The Morgan fingerprint density at radius 2 is 2.12 bits per heavy atom. The highest BCUT2D eigenvalue weighted by Crippen LogP contribution is 2.25. The van der Waals surface area contributed by atoms with E-state index in [2.05, 4.69) is 9.97 Å². The number of thioether (sulfide) groups is 1. The van der Waals surface area contributed by atoms with Gasteiger partial charge in [-0.15, -0.1) is 11.3 Å². The quantitative estimate of drug-likeness (QED) is 0.428. The molecule has 0 aliphatic heterocycles. The SMILES string of the molecule is Cc1cc2c(=O)[nH]c(SC(C)C(=O)OCc3ccccc3)nc2s1. The number of aromatic amines is 1. The lowest BCUT2D eigenvalue weighted by atomic mass is 10.2. The molecule has 0 amide bonds. The van der Waals surface area contributed by atoms with Crippen LogP contribution in [-0.2, 0) is 16.1 Å². The lowest BCUT2D eigenvalue weighted by Gasteiger charge is -2.10. The van der Waals surface area contributed by atoms with Gasteiger partial charge in [-0.2, -0.15) is 0 Å². The van der Waals surface area contributed by atoms with Gasteiger partial charge >= 0.3 is 5.97 Å². The summed E-state index contributed by atoms with van der Waals surface area (Å²) in [5, 5.41) is 0.551. The van der Waals surface area contributed by atoms with E-state index in [4.69, 9.17) is 4.74 Å². The van der Waals surface area contributed by atoms with Crippen molar-refractivity contribution in [2.75, 3.05) is 0 Å². The molecule has 7 heteroatoms. The first-order valence-electron chi connectivity index (χ1n) is 7.40. The molecule has 0 aliphatic rings. The first kappa shape index (κ1) is 16.7. The van der Waals surface area contributed by atoms with E-state index in [0.717, 1.165) is 10.4 Å². The topological polar surface area (TPSA) is 72.0 Å². The van der Waals surface area contributed by atoms with Crippen molar-refractivity contribution < 1.29 is 9.53 Å². The second-order valence-electron chi connectivity index (χ2n) is 5.30. The lowest BCUT2D eigenvalue weighted by Crippen LogP contribution is -2.18. The number of carbonyl (C=O) groups is 1. The number of esters is 1. The minimum atomic E-state index is -0.463. The maximum absolute atomic E-state index is 12.1. The smallest absolute Gasteiger partial charge is 0.319 e. The standard InChI is InChI=1S/C17H16N2O3S2/c1-10-8-13-14(20)18-17(19-15(13)23-10)24-11(2)16(21)22-9-12-6-4-3-5-7-12/h3-8,11H,9H2,1-2H3,(H,18,19,20). The number of ether oxygens (including phenoxy) is 1. The second kappa shape index (κ2) is 7.19. The Kier molecular flexibility index (Phi) is 5.01. The number of hydrogen-bond donors (Lipinski definition) is 1. The fraction of sp³-hybridized carbons (Fsp3) is 0.235. The third-order valence-electron chi connectivity index (χ3n) is 3.35. The minimum absolute atomic E-state index is 0.184. The molecule has 1 aromatic carbocycles. The van der Waals surface area contributed by atoms with Gasteiger partial charge in [0, 0.05) is 4.88 Å². The average molecular weight is 360 g/mol. The molecule has 0 saturated heterocycles. The zero-order chi connectivity index (χ0) is 17.1. The van der Waals surface area contributed by atoms with Gasteiger partial charge < -0.3 is 9.72 Å². The van der Waals surface area contributed by atoms with Crippen LogP contribution in [0.3, 0.4) is 0 Å². The number of fused-ring (bicyclic) bond motifs is 1. The van der Waals surface area contributed by atoms with E-state index in [1.165, 1.54) is 23.1 Å². The monoisotopic (exact) mass is 360 g/mol. The minimum Gasteiger partial charge on any atom is -0.460 e. The molecule has 0 aliphatic carbocycles. The van der Waals surface area contributed by atoms with Crippen LogP contribution < -0.4 is 5.56 Å². The van der Waals surface area contributed by atoms with Gasteiger partial charge in [0.25, 0.3) is 5.56 Å². The third-order valence-corrected chi connectivity index (χ3v) is 5.26. The van der Waals surface area contributed by atoms with Gasteiger partial charge in [0.05, 0.1) is 5.39 Å². The molecule has 0 bridgehead atoms. The van der Waals surface area contributed by atoms with E-state index in [9.17, 15) is 9.59 Å². The molecule has 3 aromatic rings. The number of aromatic nitrogens is 2. The van der Waals surface area contributed by atoms with Gasteiger partial charge in [0.15, 0.2) is 5.16 Å². The number of H-pyrrole nitrogens is 1. The predicted octanol–water partition coefficient (Wildman–Crippen LogP) is 3.52. The van der Waals surface area contributed by atoms with Crippen LogP contribution in [0.25, 0.3) is 10.2 Å². The summed E-state index contributed by atoms with van der Waals surface area (Å²) in [6, 6.07) is 11.3. The maximum Gasteiger partial charge on any atom is 0.319 e. The number of thiophene rings is 1. The van der Waals surface area contributed by atoms with Crippen molar-refractivity contribution in [2.24, 2.45) is 0 Å². The zero-order valence-electron chi connectivity index (χ0n) is 13.2. The van der Waals surface area contributed by atoms with E-state index >= 15 is 0 Å². The molecule has 2 heterocycles. The normalized spacial score (nSPS) is 12.2. The highest BCUT2D eigenvalue weighted by Gasteiger charge is 2.18. The first-order chi connectivity index (χ1) is 11.5. The fourth-order valence-electron chi connectivity index (χ4n) is 2.15. The van der Waals surface area contributed by atoms with Gasteiger partial charge in [0.1, 0.15) is 16.7 Å². The van der Waals surface area contributed by atoms with Gasteiger partial charge in [-0.1, -0.05) is 42.1 Å². The van der Waals surface area contributed by atoms with E-state index in [0.29, 0.717) is 15.4 Å². The summed E-state index contributed by atoms with van der Waals surface area (Å²) in [6.45, 7) is 3.90. The number of hydrogen-bond acceptors (Lipinski definition) is 6. The van der Waals surface area contributed by atoms with Crippen LogP contribution in [0.1, 0.15) is 17.4 Å². The molecular formula is C17H16N2O3S2. The van der Waals surface area contributed by atoms with Crippen LogP contribution in [0, 0.1) is 6.92 Å². The molecule has 0 saturated carbocycles.